The monoisotopic (exact) mass is 390 g/mol. The van der Waals surface area contributed by atoms with Crippen LogP contribution in [0.15, 0.2) is 18.2 Å². The number of hydrogen-bond donors (Lipinski definition) is 0. The van der Waals surface area contributed by atoms with Gasteiger partial charge in [0.05, 0.1) is 23.0 Å². The molecule has 2 aromatic rings. The van der Waals surface area contributed by atoms with Gasteiger partial charge in [-0.05, 0) is 39.0 Å². The number of anilines is 1. The number of benzene rings is 1. The molecule has 0 N–H and O–H groups in total. The lowest BCUT2D eigenvalue weighted by molar-refractivity contribution is -0.147. The fraction of sp³-hybridized carbons (Fsp3) is 0.421. The highest BCUT2D eigenvalue weighted by Crippen LogP contribution is 2.38. The normalized spacial score (nSPS) is 14.5. The first-order valence-corrected chi connectivity index (χ1v) is 9.43. The first kappa shape index (κ1) is 19.3. The molecule has 0 bridgehead atoms. The van der Waals surface area contributed by atoms with Gasteiger partial charge in [0.15, 0.2) is 6.61 Å². The van der Waals surface area contributed by atoms with Crippen molar-refractivity contribution in [3.8, 4) is 17.0 Å². The maximum Gasteiger partial charge on any atom is 0.329 e. The lowest BCUT2D eigenvalue weighted by atomic mass is 10.1. The summed E-state index contributed by atoms with van der Waals surface area (Å²) < 4.78 is 15.6. The quantitative estimate of drug-likeness (QED) is 0.558. The predicted octanol–water partition coefficient (Wildman–Crippen LogP) is 2.73. The Kier molecular flexibility index (Phi) is 5.76. The summed E-state index contributed by atoms with van der Waals surface area (Å²) in [5, 5.41) is 0.972. The molecule has 0 saturated carbocycles. The molecule has 1 aliphatic heterocycles. The van der Waals surface area contributed by atoms with Crippen molar-refractivity contribution < 1.29 is 23.8 Å². The van der Waals surface area contributed by atoms with Crippen molar-refractivity contribution in [1.82, 2.24) is 4.98 Å². The van der Waals surface area contributed by atoms with Crippen LogP contribution in [0.4, 0.5) is 5.69 Å². The average Bonchev–Trinajstić information content (AvgIpc) is 2.99. The molecule has 1 aromatic carbocycles. The number of thiazole rings is 1. The Morgan fingerprint density at radius 3 is 2.81 bits per heavy atom. The number of nitrogens with zero attached hydrogens (tertiary/aromatic N) is 2. The van der Waals surface area contributed by atoms with Crippen LogP contribution in [0, 0.1) is 13.8 Å². The first-order chi connectivity index (χ1) is 12.9. The lowest BCUT2D eigenvalue weighted by Gasteiger charge is -2.33. The van der Waals surface area contributed by atoms with Gasteiger partial charge in [-0.25, -0.2) is 9.78 Å². The third-order valence-corrected chi connectivity index (χ3v) is 5.16. The van der Waals surface area contributed by atoms with Crippen LogP contribution >= 0.6 is 11.3 Å². The summed E-state index contributed by atoms with van der Waals surface area (Å²) in [6.45, 7) is 5.94. The minimum Gasteiger partial charge on any atom is -0.482 e. The summed E-state index contributed by atoms with van der Waals surface area (Å²) in [5.41, 5.74) is 2.29. The summed E-state index contributed by atoms with van der Waals surface area (Å²) in [6.07, 6.45) is 0. The third kappa shape index (κ3) is 3.96. The molecular formula is C19H22N2O5S. The lowest BCUT2D eigenvalue weighted by Crippen LogP contribution is -2.48. The van der Waals surface area contributed by atoms with Crippen molar-refractivity contribution >= 4 is 28.9 Å². The van der Waals surface area contributed by atoms with E-state index >= 15 is 0 Å². The molecule has 0 aliphatic carbocycles. The van der Waals surface area contributed by atoms with Gasteiger partial charge < -0.3 is 14.2 Å². The van der Waals surface area contributed by atoms with Crippen LogP contribution in [-0.4, -0.2) is 49.8 Å². The van der Waals surface area contributed by atoms with Crippen LogP contribution in [0.1, 0.15) is 16.8 Å². The Hall–Kier alpha value is -2.45. The van der Waals surface area contributed by atoms with E-state index < -0.39 is 12.0 Å². The Morgan fingerprint density at radius 1 is 1.37 bits per heavy atom. The van der Waals surface area contributed by atoms with E-state index in [1.165, 1.54) is 12.0 Å². The number of aromatic nitrogens is 1. The van der Waals surface area contributed by atoms with Crippen molar-refractivity contribution in [3.63, 3.8) is 0 Å². The molecule has 0 radical (unpaired) electrons. The second-order valence-electron chi connectivity index (χ2n) is 6.21. The van der Waals surface area contributed by atoms with Gasteiger partial charge in [0.1, 0.15) is 18.4 Å². The van der Waals surface area contributed by atoms with Crippen molar-refractivity contribution in [2.24, 2.45) is 0 Å². The highest BCUT2D eigenvalue weighted by molar-refractivity contribution is 7.11. The molecule has 0 fully saturated rings. The van der Waals surface area contributed by atoms with E-state index in [1.807, 2.05) is 26.0 Å². The van der Waals surface area contributed by atoms with Gasteiger partial charge in [0.2, 0.25) is 0 Å². The smallest absolute Gasteiger partial charge is 0.329 e. The molecule has 1 amide bonds. The molecule has 7 nitrogen and oxygen atoms in total. The first-order valence-electron chi connectivity index (χ1n) is 8.61. The number of methoxy groups -OCH3 is 1. The zero-order valence-electron chi connectivity index (χ0n) is 15.8. The maximum atomic E-state index is 12.5. The number of ether oxygens (including phenoxy) is 3. The number of rotatable bonds is 6. The SMILES string of the molecule is COCCOC(=O)C(C)N1C(=O)COc2ccc(-c3nc(C)sc3C)cc21. The molecule has 1 atom stereocenters. The molecule has 1 aliphatic rings. The summed E-state index contributed by atoms with van der Waals surface area (Å²) in [5.74, 6) is -0.221. The van der Waals surface area contributed by atoms with E-state index in [0.717, 1.165) is 21.1 Å². The van der Waals surface area contributed by atoms with E-state index in [0.29, 0.717) is 18.0 Å². The summed E-state index contributed by atoms with van der Waals surface area (Å²) in [6, 6.07) is 4.79. The number of carbonyl (C=O) groups excluding carboxylic acids is 2. The van der Waals surface area contributed by atoms with Gasteiger partial charge in [-0.2, -0.15) is 0 Å². The molecule has 1 aromatic heterocycles. The third-order valence-electron chi connectivity index (χ3n) is 4.28. The van der Waals surface area contributed by atoms with Crippen LogP contribution in [0.25, 0.3) is 11.3 Å². The van der Waals surface area contributed by atoms with Gasteiger partial charge >= 0.3 is 5.97 Å². The molecule has 27 heavy (non-hydrogen) atoms. The number of hydrogen-bond acceptors (Lipinski definition) is 7. The molecule has 2 heterocycles. The molecule has 1 unspecified atom stereocenters. The van der Waals surface area contributed by atoms with Crippen LogP contribution < -0.4 is 9.64 Å². The van der Waals surface area contributed by atoms with Gasteiger partial charge in [-0.1, -0.05) is 0 Å². The van der Waals surface area contributed by atoms with Crippen LogP contribution in [-0.2, 0) is 19.1 Å². The van der Waals surface area contributed by atoms with Gasteiger partial charge in [0, 0.05) is 17.6 Å². The van der Waals surface area contributed by atoms with Gasteiger partial charge in [-0.3, -0.25) is 9.69 Å². The number of aryl methyl sites for hydroxylation is 2. The number of amides is 1. The van der Waals surface area contributed by atoms with E-state index in [4.69, 9.17) is 14.2 Å². The number of carbonyl (C=O) groups is 2. The Labute approximate surface area is 161 Å². The fourth-order valence-corrected chi connectivity index (χ4v) is 3.83. The topological polar surface area (TPSA) is 78.0 Å². The predicted molar refractivity (Wildman–Crippen MR) is 102 cm³/mol. The minimum absolute atomic E-state index is 0.114. The van der Waals surface area contributed by atoms with E-state index in [1.54, 1.807) is 24.3 Å². The van der Waals surface area contributed by atoms with E-state index in [-0.39, 0.29) is 19.1 Å². The fourth-order valence-electron chi connectivity index (χ4n) is 2.99. The van der Waals surface area contributed by atoms with E-state index in [9.17, 15) is 9.59 Å². The highest BCUT2D eigenvalue weighted by Gasteiger charge is 2.34. The Balaban J connectivity index is 1.93. The van der Waals surface area contributed by atoms with Crippen molar-refractivity contribution in [3.05, 3.63) is 28.1 Å². The van der Waals surface area contributed by atoms with Crippen LogP contribution in [0.2, 0.25) is 0 Å². The molecule has 0 saturated heterocycles. The van der Waals surface area contributed by atoms with Crippen LogP contribution in [0.3, 0.4) is 0 Å². The van der Waals surface area contributed by atoms with Crippen molar-refractivity contribution in [2.45, 2.75) is 26.8 Å². The Bertz CT molecular complexity index is 864. The minimum atomic E-state index is -0.773. The Morgan fingerprint density at radius 2 is 2.15 bits per heavy atom. The molecule has 3 rings (SSSR count). The van der Waals surface area contributed by atoms with Crippen molar-refractivity contribution in [1.29, 1.82) is 0 Å². The van der Waals surface area contributed by atoms with Crippen LogP contribution in [0.5, 0.6) is 5.75 Å². The largest absolute Gasteiger partial charge is 0.482 e. The number of esters is 1. The molecular weight excluding hydrogens is 368 g/mol. The summed E-state index contributed by atoms with van der Waals surface area (Å²) >= 11 is 1.62. The standard InChI is InChI=1S/C19H22N2O5S/c1-11(19(23)25-8-7-24-4)21-15-9-14(18-12(2)27-13(3)20-18)5-6-16(15)26-10-17(21)22/h5-6,9,11H,7-8,10H2,1-4H3. The zero-order chi connectivity index (χ0) is 19.6. The van der Waals surface area contributed by atoms with Crippen molar-refractivity contribution in [2.75, 3.05) is 31.8 Å². The molecule has 8 heteroatoms. The van der Waals surface area contributed by atoms with Gasteiger partial charge in [-0.15, -0.1) is 11.3 Å². The van der Waals surface area contributed by atoms with Gasteiger partial charge in [0.25, 0.3) is 5.91 Å². The molecule has 0 spiro atoms. The summed E-state index contributed by atoms with van der Waals surface area (Å²) in [4.78, 5) is 32.0. The highest BCUT2D eigenvalue weighted by atomic mass is 32.1. The maximum absolute atomic E-state index is 12.5. The van der Waals surface area contributed by atoms with E-state index in [2.05, 4.69) is 4.98 Å². The summed E-state index contributed by atoms with van der Waals surface area (Å²) in [7, 11) is 1.53. The second-order valence-corrected chi connectivity index (χ2v) is 7.62. The zero-order valence-corrected chi connectivity index (χ0v) is 16.6. The molecule has 144 valence electrons. The second kappa shape index (κ2) is 8.06. The average molecular weight is 390 g/mol. The number of fused-ring (bicyclic) bond motifs is 1.